The molecule has 120 valence electrons. The van der Waals surface area contributed by atoms with Crippen LogP contribution < -0.4 is 5.32 Å². The van der Waals surface area contributed by atoms with E-state index in [1.165, 1.54) is 0 Å². The minimum Gasteiger partial charge on any atom is -0.395 e. The van der Waals surface area contributed by atoms with Gasteiger partial charge >= 0.3 is 0 Å². The highest BCUT2D eigenvalue weighted by Gasteiger charge is 2.45. The van der Waals surface area contributed by atoms with Gasteiger partial charge in [0.05, 0.1) is 17.1 Å². The van der Waals surface area contributed by atoms with Gasteiger partial charge in [0, 0.05) is 30.2 Å². The molecule has 0 amide bonds. The SMILES string of the molecule is O=[N+]([O-])c1cc(Br)ccc1NC12CCC(CN(CCO)C1)C2. The Morgan fingerprint density at radius 1 is 1.55 bits per heavy atom. The van der Waals surface area contributed by atoms with E-state index in [4.69, 9.17) is 0 Å². The number of anilines is 1. The number of rotatable bonds is 5. The van der Waals surface area contributed by atoms with Crippen LogP contribution in [0.15, 0.2) is 22.7 Å². The smallest absolute Gasteiger partial charge is 0.293 e. The molecule has 1 saturated carbocycles. The van der Waals surface area contributed by atoms with E-state index in [0.29, 0.717) is 22.6 Å². The molecule has 2 aliphatic rings. The molecule has 0 radical (unpaired) electrons. The third-order valence-electron chi connectivity index (χ3n) is 4.73. The summed E-state index contributed by atoms with van der Waals surface area (Å²) in [6, 6.07) is 5.14. The fourth-order valence-corrected chi connectivity index (χ4v) is 4.26. The number of nitrogens with zero attached hydrogens (tertiary/aromatic N) is 2. The number of hydrogen-bond acceptors (Lipinski definition) is 5. The summed E-state index contributed by atoms with van der Waals surface area (Å²) < 4.78 is 0.706. The fourth-order valence-electron chi connectivity index (χ4n) is 3.91. The topological polar surface area (TPSA) is 78.6 Å². The second-order valence-corrected chi connectivity index (χ2v) is 7.31. The quantitative estimate of drug-likeness (QED) is 0.615. The average Bonchev–Trinajstić information content (AvgIpc) is 2.76. The maximum atomic E-state index is 11.3. The molecular formula is C15H20BrN3O3. The normalized spacial score (nSPS) is 27.8. The monoisotopic (exact) mass is 369 g/mol. The highest BCUT2D eigenvalue weighted by atomic mass is 79.9. The molecule has 0 spiro atoms. The molecule has 0 aromatic heterocycles. The summed E-state index contributed by atoms with van der Waals surface area (Å²) in [6.07, 6.45) is 3.20. The van der Waals surface area contributed by atoms with Crippen LogP contribution in [0.5, 0.6) is 0 Å². The van der Waals surface area contributed by atoms with Gasteiger partial charge in [-0.3, -0.25) is 15.0 Å². The van der Waals surface area contributed by atoms with Crippen LogP contribution in [0.3, 0.4) is 0 Å². The Hall–Kier alpha value is -1.18. The average molecular weight is 370 g/mol. The number of benzene rings is 1. The van der Waals surface area contributed by atoms with Crippen LogP contribution in [0.1, 0.15) is 19.3 Å². The molecule has 6 nitrogen and oxygen atoms in total. The summed E-state index contributed by atoms with van der Waals surface area (Å²) >= 11 is 3.29. The molecule has 3 rings (SSSR count). The van der Waals surface area contributed by atoms with Gasteiger partial charge in [0.15, 0.2) is 0 Å². The summed E-state index contributed by atoms with van der Waals surface area (Å²) in [5, 5.41) is 23.9. The Kier molecular flexibility index (Phi) is 4.38. The molecule has 2 fully saturated rings. The Balaban J connectivity index is 1.84. The molecule has 7 heteroatoms. The number of aliphatic hydroxyl groups is 1. The molecule has 22 heavy (non-hydrogen) atoms. The van der Waals surface area contributed by atoms with Crippen molar-refractivity contribution in [2.75, 3.05) is 31.6 Å². The van der Waals surface area contributed by atoms with Gasteiger partial charge in [0.1, 0.15) is 5.69 Å². The van der Waals surface area contributed by atoms with Gasteiger partial charge in [-0.2, -0.15) is 0 Å². The van der Waals surface area contributed by atoms with E-state index in [1.807, 2.05) is 6.07 Å². The number of hydrogen-bond donors (Lipinski definition) is 2. The lowest BCUT2D eigenvalue weighted by atomic mass is 9.90. The molecule has 2 atom stereocenters. The first-order chi connectivity index (χ1) is 10.5. The van der Waals surface area contributed by atoms with Crippen molar-refractivity contribution in [3.8, 4) is 0 Å². The molecule has 1 saturated heterocycles. The van der Waals surface area contributed by atoms with Crippen LogP contribution in [0.2, 0.25) is 0 Å². The number of nitro benzene ring substituents is 1. The summed E-state index contributed by atoms with van der Waals surface area (Å²) in [6.45, 7) is 2.67. The van der Waals surface area contributed by atoms with Crippen molar-refractivity contribution < 1.29 is 10.0 Å². The Labute approximate surface area is 137 Å². The molecule has 1 aliphatic heterocycles. The highest BCUT2D eigenvalue weighted by molar-refractivity contribution is 9.10. The first-order valence-electron chi connectivity index (χ1n) is 7.57. The molecule has 1 heterocycles. The number of halogens is 1. The van der Waals surface area contributed by atoms with Gasteiger partial charge in [0.25, 0.3) is 5.69 Å². The van der Waals surface area contributed by atoms with Crippen molar-refractivity contribution in [1.29, 1.82) is 0 Å². The van der Waals surface area contributed by atoms with E-state index in [9.17, 15) is 15.2 Å². The first-order valence-corrected chi connectivity index (χ1v) is 8.36. The standard InChI is InChI=1S/C15H20BrN3O3/c16-12-1-2-13(14(7-12)19(21)22)17-15-4-3-11(8-15)9-18(10-15)5-6-20/h1-2,7,11,17,20H,3-6,8-10H2. The number of nitro groups is 1. The predicted molar refractivity (Wildman–Crippen MR) is 88.0 cm³/mol. The number of β-amino-alcohol motifs (C(OH)–C–C–N with tert-alkyl or cyclic N) is 1. The summed E-state index contributed by atoms with van der Waals surface area (Å²) in [4.78, 5) is 13.2. The minimum atomic E-state index is -0.343. The van der Waals surface area contributed by atoms with Crippen molar-refractivity contribution in [3.05, 3.63) is 32.8 Å². The van der Waals surface area contributed by atoms with E-state index in [2.05, 4.69) is 26.1 Å². The Morgan fingerprint density at radius 3 is 3.09 bits per heavy atom. The molecule has 1 aliphatic carbocycles. The molecule has 2 bridgehead atoms. The summed E-state index contributed by atoms with van der Waals surface area (Å²) in [5.41, 5.74) is 0.572. The van der Waals surface area contributed by atoms with E-state index in [0.717, 1.165) is 32.4 Å². The predicted octanol–water partition coefficient (Wildman–Crippen LogP) is 2.62. The maximum absolute atomic E-state index is 11.3. The first kappa shape index (κ1) is 15.7. The van der Waals surface area contributed by atoms with Crippen LogP contribution in [-0.4, -0.2) is 46.7 Å². The van der Waals surface area contributed by atoms with Crippen molar-refractivity contribution in [3.63, 3.8) is 0 Å². The van der Waals surface area contributed by atoms with Crippen LogP contribution in [0, 0.1) is 16.0 Å². The zero-order valence-electron chi connectivity index (χ0n) is 12.3. The van der Waals surface area contributed by atoms with Gasteiger partial charge < -0.3 is 10.4 Å². The van der Waals surface area contributed by atoms with Crippen LogP contribution >= 0.6 is 15.9 Å². The summed E-state index contributed by atoms with van der Waals surface area (Å²) in [7, 11) is 0. The molecule has 1 aromatic rings. The Bertz CT molecular complexity index is 583. The maximum Gasteiger partial charge on any atom is 0.293 e. The molecule has 2 N–H and O–H groups in total. The van der Waals surface area contributed by atoms with Crippen LogP contribution in [-0.2, 0) is 0 Å². The molecular weight excluding hydrogens is 350 g/mol. The fraction of sp³-hybridized carbons (Fsp3) is 0.600. The van der Waals surface area contributed by atoms with Gasteiger partial charge in [-0.15, -0.1) is 0 Å². The second kappa shape index (κ2) is 6.14. The zero-order valence-corrected chi connectivity index (χ0v) is 13.9. The van der Waals surface area contributed by atoms with Gasteiger partial charge in [-0.05, 0) is 37.3 Å². The van der Waals surface area contributed by atoms with E-state index >= 15 is 0 Å². The largest absolute Gasteiger partial charge is 0.395 e. The summed E-state index contributed by atoms with van der Waals surface area (Å²) in [5.74, 6) is 0.613. The van der Waals surface area contributed by atoms with E-state index < -0.39 is 0 Å². The Morgan fingerprint density at radius 2 is 2.36 bits per heavy atom. The molecule has 1 aromatic carbocycles. The van der Waals surface area contributed by atoms with Gasteiger partial charge in [-0.1, -0.05) is 15.9 Å². The van der Waals surface area contributed by atoms with Crippen LogP contribution in [0.25, 0.3) is 0 Å². The van der Waals surface area contributed by atoms with Crippen molar-refractivity contribution in [2.45, 2.75) is 24.8 Å². The number of piperidine rings is 1. The van der Waals surface area contributed by atoms with E-state index in [1.54, 1.807) is 12.1 Å². The zero-order chi connectivity index (χ0) is 15.7. The lowest BCUT2D eigenvalue weighted by molar-refractivity contribution is -0.384. The van der Waals surface area contributed by atoms with Gasteiger partial charge in [-0.25, -0.2) is 0 Å². The van der Waals surface area contributed by atoms with Crippen molar-refractivity contribution >= 4 is 27.3 Å². The van der Waals surface area contributed by atoms with Crippen molar-refractivity contribution in [2.24, 2.45) is 5.92 Å². The number of likely N-dealkylation sites (tertiary alicyclic amines) is 1. The van der Waals surface area contributed by atoms with E-state index in [-0.39, 0.29) is 22.8 Å². The third-order valence-corrected chi connectivity index (χ3v) is 5.22. The minimum absolute atomic E-state index is 0.103. The van der Waals surface area contributed by atoms with Gasteiger partial charge in [0.2, 0.25) is 0 Å². The third kappa shape index (κ3) is 3.11. The molecule has 2 unspecified atom stereocenters. The number of aliphatic hydroxyl groups excluding tert-OH is 1. The van der Waals surface area contributed by atoms with Crippen LogP contribution in [0.4, 0.5) is 11.4 Å². The number of fused-ring (bicyclic) bond motifs is 2. The highest BCUT2D eigenvalue weighted by Crippen LogP contribution is 2.43. The van der Waals surface area contributed by atoms with Crippen molar-refractivity contribution in [1.82, 2.24) is 4.90 Å². The second-order valence-electron chi connectivity index (χ2n) is 6.39. The number of nitrogens with one attached hydrogen (secondary N) is 1. The lowest BCUT2D eigenvalue weighted by Gasteiger charge is -2.41. The lowest BCUT2D eigenvalue weighted by Crippen LogP contribution is -2.52.